The van der Waals surface area contributed by atoms with Gasteiger partial charge in [-0.3, -0.25) is 4.90 Å². The van der Waals surface area contributed by atoms with E-state index >= 15 is 0 Å². The van der Waals surface area contributed by atoms with Gasteiger partial charge in [-0.15, -0.1) is 0 Å². The van der Waals surface area contributed by atoms with Crippen LogP contribution in [0.4, 0.5) is 26.3 Å². The monoisotopic (exact) mass is 377 g/mol. The summed E-state index contributed by atoms with van der Waals surface area (Å²) in [6.45, 7) is -1.64. The highest BCUT2D eigenvalue weighted by molar-refractivity contribution is 5.25. The molecule has 26 heavy (non-hydrogen) atoms. The number of aliphatic hydroxyl groups is 1. The zero-order valence-electron chi connectivity index (χ0n) is 13.5. The van der Waals surface area contributed by atoms with Crippen molar-refractivity contribution in [1.29, 1.82) is 0 Å². The molecule has 0 radical (unpaired) electrons. The molecule has 2 unspecified atom stereocenters. The summed E-state index contributed by atoms with van der Waals surface area (Å²) in [6.07, 6.45) is -9.93. The fourth-order valence-electron chi connectivity index (χ4n) is 2.93. The van der Waals surface area contributed by atoms with Crippen LogP contribution in [0.5, 0.6) is 0 Å². The van der Waals surface area contributed by atoms with Gasteiger partial charge in [0.15, 0.2) is 0 Å². The van der Waals surface area contributed by atoms with Gasteiger partial charge in [0.05, 0.1) is 6.61 Å². The average molecular weight is 377 g/mol. The molecule has 2 aromatic carbocycles. The van der Waals surface area contributed by atoms with Crippen molar-refractivity contribution in [3.05, 3.63) is 71.8 Å². The summed E-state index contributed by atoms with van der Waals surface area (Å²) in [5.74, 6) is 0. The maximum Gasteiger partial charge on any atom is 0.408 e. The number of aliphatic hydroxyl groups excluding tert-OH is 1. The normalized spacial score (nSPS) is 15.1. The van der Waals surface area contributed by atoms with Gasteiger partial charge in [-0.1, -0.05) is 60.7 Å². The second-order valence-electron chi connectivity index (χ2n) is 5.67. The summed E-state index contributed by atoms with van der Waals surface area (Å²) in [7, 11) is 0. The second kappa shape index (κ2) is 8.09. The lowest BCUT2D eigenvalue weighted by Crippen LogP contribution is -2.47. The molecule has 142 valence electrons. The van der Waals surface area contributed by atoms with Gasteiger partial charge < -0.3 is 5.11 Å². The van der Waals surface area contributed by atoms with Gasteiger partial charge in [0, 0.05) is 6.54 Å². The fourth-order valence-corrected chi connectivity index (χ4v) is 2.93. The Balaban J connectivity index is 2.61. The minimum absolute atomic E-state index is 0.255. The van der Waals surface area contributed by atoms with Crippen molar-refractivity contribution in [3.8, 4) is 0 Å². The molecule has 2 nitrogen and oxygen atoms in total. The minimum Gasteiger partial charge on any atom is -0.395 e. The van der Waals surface area contributed by atoms with Crippen molar-refractivity contribution in [2.24, 2.45) is 0 Å². The first kappa shape index (κ1) is 20.3. The highest BCUT2D eigenvalue weighted by Gasteiger charge is 2.53. The third-order valence-electron chi connectivity index (χ3n) is 3.87. The van der Waals surface area contributed by atoms with Crippen molar-refractivity contribution >= 4 is 0 Å². The lowest BCUT2D eigenvalue weighted by Gasteiger charge is -2.39. The van der Waals surface area contributed by atoms with Crippen molar-refractivity contribution in [2.75, 3.05) is 13.2 Å². The number of hydrogen-bond donors (Lipinski definition) is 1. The van der Waals surface area contributed by atoms with E-state index in [1.807, 2.05) is 0 Å². The number of rotatable bonds is 6. The van der Waals surface area contributed by atoms with Gasteiger partial charge in [-0.2, -0.15) is 26.3 Å². The quantitative estimate of drug-likeness (QED) is 0.725. The molecule has 0 fully saturated rings. The summed E-state index contributed by atoms with van der Waals surface area (Å²) < 4.78 is 82.5. The number of halogens is 6. The predicted octanol–water partition coefficient (Wildman–Crippen LogP) is 4.89. The smallest absolute Gasteiger partial charge is 0.395 e. The van der Waals surface area contributed by atoms with E-state index in [0.29, 0.717) is 0 Å². The van der Waals surface area contributed by atoms with E-state index in [4.69, 9.17) is 0 Å². The number of benzene rings is 2. The molecular weight excluding hydrogens is 360 g/mol. The topological polar surface area (TPSA) is 23.5 Å². The molecule has 2 rings (SSSR count). The van der Waals surface area contributed by atoms with E-state index in [1.165, 1.54) is 36.4 Å². The molecule has 0 amide bonds. The van der Waals surface area contributed by atoms with Crippen molar-refractivity contribution in [2.45, 2.75) is 24.4 Å². The molecule has 0 aliphatic heterocycles. The Morgan fingerprint density at radius 3 is 1.31 bits per heavy atom. The average Bonchev–Trinajstić information content (AvgIpc) is 2.55. The van der Waals surface area contributed by atoms with E-state index < -0.39 is 37.6 Å². The zero-order chi connectivity index (χ0) is 19.4. The van der Waals surface area contributed by atoms with Crippen molar-refractivity contribution in [1.82, 2.24) is 4.90 Å². The molecule has 0 bridgehead atoms. The van der Waals surface area contributed by atoms with E-state index in [2.05, 4.69) is 0 Å². The molecule has 0 aliphatic carbocycles. The Hall–Kier alpha value is -2.06. The minimum atomic E-state index is -4.96. The van der Waals surface area contributed by atoms with E-state index in [0.717, 1.165) is 24.3 Å². The van der Waals surface area contributed by atoms with E-state index in [9.17, 15) is 31.4 Å². The van der Waals surface area contributed by atoms with Crippen LogP contribution in [0.3, 0.4) is 0 Å². The van der Waals surface area contributed by atoms with Gasteiger partial charge in [0.2, 0.25) is 0 Å². The van der Waals surface area contributed by atoms with Gasteiger partial charge in [-0.05, 0) is 11.1 Å². The van der Waals surface area contributed by atoms with Crippen LogP contribution < -0.4 is 0 Å². The van der Waals surface area contributed by atoms with Crippen LogP contribution >= 0.6 is 0 Å². The molecule has 8 heteroatoms. The Kier molecular flexibility index (Phi) is 6.30. The summed E-state index contributed by atoms with van der Waals surface area (Å²) >= 11 is 0. The lowest BCUT2D eigenvalue weighted by molar-refractivity contribution is -0.239. The first-order chi connectivity index (χ1) is 12.2. The van der Waals surface area contributed by atoms with Crippen LogP contribution in [0.15, 0.2) is 60.7 Å². The highest BCUT2D eigenvalue weighted by atomic mass is 19.4. The van der Waals surface area contributed by atoms with Crippen molar-refractivity contribution < 1.29 is 31.4 Å². The van der Waals surface area contributed by atoms with Crippen LogP contribution in [0.1, 0.15) is 23.2 Å². The maximum atomic E-state index is 13.8. The molecule has 1 N–H and O–H groups in total. The summed E-state index contributed by atoms with van der Waals surface area (Å²) in [4.78, 5) is 0.255. The molecule has 0 spiro atoms. The molecule has 0 aromatic heterocycles. The van der Waals surface area contributed by atoms with Crippen LogP contribution in [-0.2, 0) is 0 Å². The lowest BCUT2D eigenvalue weighted by atomic mass is 9.98. The largest absolute Gasteiger partial charge is 0.408 e. The summed E-state index contributed by atoms with van der Waals surface area (Å²) in [5.41, 5.74) is -0.641. The first-order valence-electron chi connectivity index (χ1n) is 7.76. The first-order valence-corrected chi connectivity index (χ1v) is 7.76. The van der Waals surface area contributed by atoms with Crippen LogP contribution in [0, 0.1) is 0 Å². The van der Waals surface area contributed by atoms with Gasteiger partial charge >= 0.3 is 12.4 Å². The molecule has 0 saturated heterocycles. The number of hydrogen-bond acceptors (Lipinski definition) is 2. The molecule has 0 heterocycles. The summed E-state index contributed by atoms with van der Waals surface area (Å²) in [6, 6.07) is 7.76. The van der Waals surface area contributed by atoms with Crippen molar-refractivity contribution in [3.63, 3.8) is 0 Å². The molecular formula is C18H17F6NO. The molecule has 0 aliphatic rings. The third kappa shape index (κ3) is 4.76. The standard InChI is InChI=1S/C18H17F6NO/c19-17(20,21)15(13-7-3-1-4-8-13)25(11-12-26)16(18(22,23)24)14-9-5-2-6-10-14/h1-10,15-16,26H,11-12H2. The predicted molar refractivity (Wildman–Crippen MR) is 84.3 cm³/mol. The molecule has 2 atom stereocenters. The molecule has 0 saturated carbocycles. The highest BCUT2D eigenvalue weighted by Crippen LogP contribution is 2.46. The third-order valence-corrected chi connectivity index (χ3v) is 3.87. The maximum absolute atomic E-state index is 13.8. The fraction of sp³-hybridized carbons (Fsp3) is 0.333. The zero-order valence-corrected chi connectivity index (χ0v) is 13.5. The number of alkyl halides is 6. The Morgan fingerprint density at radius 2 is 1.04 bits per heavy atom. The Morgan fingerprint density at radius 1 is 0.692 bits per heavy atom. The summed E-state index contributed by atoms with van der Waals surface area (Å²) in [5, 5.41) is 9.18. The van der Waals surface area contributed by atoms with Gasteiger partial charge in [0.1, 0.15) is 12.1 Å². The van der Waals surface area contributed by atoms with Gasteiger partial charge in [0.25, 0.3) is 0 Å². The van der Waals surface area contributed by atoms with E-state index in [1.54, 1.807) is 0 Å². The van der Waals surface area contributed by atoms with Crippen LogP contribution in [0.25, 0.3) is 0 Å². The van der Waals surface area contributed by atoms with Crippen LogP contribution in [0.2, 0.25) is 0 Å². The Bertz CT molecular complexity index is 614. The Labute approximate surface area is 146 Å². The van der Waals surface area contributed by atoms with Gasteiger partial charge in [-0.25, -0.2) is 0 Å². The van der Waals surface area contributed by atoms with Crippen LogP contribution in [-0.4, -0.2) is 35.5 Å². The second-order valence-corrected chi connectivity index (χ2v) is 5.67. The molecule has 2 aromatic rings. The number of nitrogens with zero attached hydrogens (tertiary/aromatic N) is 1. The SMILES string of the molecule is OCCN(C(c1ccccc1)C(F)(F)F)C(c1ccccc1)C(F)(F)F. The van der Waals surface area contributed by atoms with E-state index in [-0.39, 0.29) is 16.0 Å².